The van der Waals surface area contributed by atoms with Gasteiger partial charge in [0.2, 0.25) is 0 Å². The Bertz CT molecular complexity index is 665. The highest BCUT2D eigenvalue weighted by Gasteiger charge is 2.14. The van der Waals surface area contributed by atoms with Crippen LogP contribution in [-0.2, 0) is 6.42 Å². The van der Waals surface area contributed by atoms with Crippen molar-refractivity contribution in [1.82, 2.24) is 10.4 Å². The van der Waals surface area contributed by atoms with Crippen LogP contribution in [0.5, 0.6) is 0 Å². The molecule has 1 heterocycles. The van der Waals surface area contributed by atoms with Crippen LogP contribution in [0, 0.1) is 0 Å². The first-order valence-electron chi connectivity index (χ1n) is 7.20. The summed E-state index contributed by atoms with van der Waals surface area (Å²) in [6.07, 6.45) is 7.43. The summed E-state index contributed by atoms with van der Waals surface area (Å²) in [5.74, 6) is -0.202. The summed E-state index contributed by atoms with van der Waals surface area (Å²) in [6, 6.07) is 11.6. The van der Waals surface area contributed by atoms with Crippen LogP contribution in [0.4, 0.5) is 0 Å². The summed E-state index contributed by atoms with van der Waals surface area (Å²) in [4.78, 5) is 15.9. The molecule has 0 saturated heterocycles. The van der Waals surface area contributed by atoms with E-state index in [1.165, 1.54) is 5.56 Å². The van der Waals surface area contributed by atoms with E-state index in [1.54, 1.807) is 24.5 Å². The van der Waals surface area contributed by atoms with E-state index in [-0.39, 0.29) is 5.91 Å². The largest absolute Gasteiger partial charge is 0.271 e. The van der Waals surface area contributed by atoms with Crippen LogP contribution in [-0.4, -0.2) is 16.6 Å². The highest BCUT2D eigenvalue weighted by molar-refractivity contribution is 6.03. The van der Waals surface area contributed by atoms with Gasteiger partial charge in [0.15, 0.2) is 0 Å². The summed E-state index contributed by atoms with van der Waals surface area (Å²) in [5.41, 5.74) is 6.66. The number of aryl methyl sites for hydroxylation is 1. The Morgan fingerprint density at radius 1 is 1.05 bits per heavy atom. The fourth-order valence-corrected chi connectivity index (χ4v) is 2.56. The van der Waals surface area contributed by atoms with Gasteiger partial charge < -0.3 is 0 Å². The summed E-state index contributed by atoms with van der Waals surface area (Å²) in [6.45, 7) is 0. The molecular formula is C17H17N3O. The molecule has 0 fully saturated rings. The van der Waals surface area contributed by atoms with Gasteiger partial charge in [0.05, 0.1) is 5.71 Å². The van der Waals surface area contributed by atoms with E-state index >= 15 is 0 Å². The lowest BCUT2D eigenvalue weighted by molar-refractivity contribution is 0.0954. The lowest BCUT2D eigenvalue weighted by Crippen LogP contribution is -2.20. The van der Waals surface area contributed by atoms with Gasteiger partial charge in [0.1, 0.15) is 0 Å². The standard InChI is InChI=1S/C17H17N3O/c21-17(14-9-11-18-12-10-14)20-19-16-8-4-2-6-13-5-1-3-7-15(13)16/h1,3,5,7,9-12H,2,4,6,8H2,(H,20,21)/b19-16-. The Kier molecular flexibility index (Phi) is 4.05. The molecule has 1 amide bonds. The molecule has 106 valence electrons. The average Bonchev–Trinajstić information content (AvgIpc) is 2.76. The molecule has 0 bridgehead atoms. The number of hydrogen-bond acceptors (Lipinski definition) is 3. The van der Waals surface area contributed by atoms with Crippen molar-refractivity contribution in [2.24, 2.45) is 5.10 Å². The van der Waals surface area contributed by atoms with Crippen molar-refractivity contribution in [3.05, 3.63) is 65.5 Å². The van der Waals surface area contributed by atoms with E-state index in [0.717, 1.165) is 37.0 Å². The van der Waals surface area contributed by atoms with Gasteiger partial charge in [-0.2, -0.15) is 5.10 Å². The first kappa shape index (κ1) is 13.5. The summed E-state index contributed by atoms with van der Waals surface area (Å²) >= 11 is 0. The Labute approximate surface area is 123 Å². The maximum atomic E-state index is 12.0. The molecule has 2 aromatic rings. The number of hydrogen-bond donors (Lipinski definition) is 1. The molecule has 0 saturated carbocycles. The predicted molar refractivity (Wildman–Crippen MR) is 82.2 cm³/mol. The molecule has 1 aromatic heterocycles. The fraction of sp³-hybridized carbons (Fsp3) is 0.235. The summed E-state index contributed by atoms with van der Waals surface area (Å²) in [7, 11) is 0. The number of nitrogens with zero attached hydrogens (tertiary/aromatic N) is 2. The van der Waals surface area contributed by atoms with Crippen molar-refractivity contribution < 1.29 is 4.79 Å². The number of benzene rings is 1. The van der Waals surface area contributed by atoms with Crippen LogP contribution in [0.1, 0.15) is 40.7 Å². The first-order chi connectivity index (χ1) is 10.3. The number of nitrogens with one attached hydrogen (secondary N) is 1. The van der Waals surface area contributed by atoms with Crippen LogP contribution in [0.25, 0.3) is 0 Å². The molecule has 21 heavy (non-hydrogen) atoms. The summed E-state index contributed by atoms with van der Waals surface area (Å²) < 4.78 is 0. The van der Waals surface area contributed by atoms with Gasteiger partial charge in [0.25, 0.3) is 5.91 Å². The number of rotatable bonds is 2. The Morgan fingerprint density at radius 2 is 1.81 bits per heavy atom. The van der Waals surface area contributed by atoms with Gasteiger partial charge in [-0.25, -0.2) is 5.43 Å². The topological polar surface area (TPSA) is 54.4 Å². The maximum Gasteiger partial charge on any atom is 0.271 e. The monoisotopic (exact) mass is 279 g/mol. The zero-order valence-electron chi connectivity index (χ0n) is 11.7. The third kappa shape index (κ3) is 3.16. The third-order valence-electron chi connectivity index (χ3n) is 3.67. The number of fused-ring (bicyclic) bond motifs is 1. The van der Waals surface area contributed by atoms with Crippen molar-refractivity contribution in [3.63, 3.8) is 0 Å². The van der Waals surface area contributed by atoms with E-state index in [2.05, 4.69) is 33.7 Å². The van der Waals surface area contributed by atoms with Gasteiger partial charge in [-0.15, -0.1) is 0 Å². The molecular weight excluding hydrogens is 262 g/mol. The highest BCUT2D eigenvalue weighted by Crippen LogP contribution is 2.20. The van der Waals surface area contributed by atoms with E-state index in [4.69, 9.17) is 0 Å². The van der Waals surface area contributed by atoms with Crippen molar-refractivity contribution in [3.8, 4) is 0 Å². The van der Waals surface area contributed by atoms with E-state index < -0.39 is 0 Å². The number of carbonyl (C=O) groups excluding carboxylic acids is 1. The normalized spacial score (nSPS) is 16.1. The Balaban J connectivity index is 1.82. The van der Waals surface area contributed by atoms with Crippen LogP contribution < -0.4 is 5.43 Å². The molecule has 0 spiro atoms. The molecule has 0 aliphatic heterocycles. The number of pyridine rings is 1. The minimum Gasteiger partial charge on any atom is -0.267 e. The molecule has 0 atom stereocenters. The molecule has 0 unspecified atom stereocenters. The van der Waals surface area contributed by atoms with E-state index in [0.29, 0.717) is 5.56 Å². The molecule has 1 aliphatic rings. The molecule has 4 nitrogen and oxygen atoms in total. The fourth-order valence-electron chi connectivity index (χ4n) is 2.56. The van der Waals surface area contributed by atoms with Gasteiger partial charge in [-0.05, 0) is 43.4 Å². The van der Waals surface area contributed by atoms with Gasteiger partial charge in [-0.3, -0.25) is 9.78 Å². The third-order valence-corrected chi connectivity index (χ3v) is 3.67. The zero-order valence-corrected chi connectivity index (χ0v) is 11.7. The van der Waals surface area contributed by atoms with Crippen LogP contribution >= 0.6 is 0 Å². The molecule has 3 rings (SSSR count). The van der Waals surface area contributed by atoms with Crippen LogP contribution in [0.3, 0.4) is 0 Å². The zero-order chi connectivity index (χ0) is 14.5. The van der Waals surface area contributed by atoms with Crippen LogP contribution in [0.15, 0.2) is 53.9 Å². The van der Waals surface area contributed by atoms with Crippen molar-refractivity contribution in [1.29, 1.82) is 0 Å². The van der Waals surface area contributed by atoms with Crippen LogP contribution in [0.2, 0.25) is 0 Å². The number of aromatic nitrogens is 1. The SMILES string of the molecule is O=C(N/N=C1/CCCCc2ccccc21)c1ccncc1. The summed E-state index contributed by atoms with van der Waals surface area (Å²) in [5, 5.41) is 4.36. The van der Waals surface area contributed by atoms with E-state index in [9.17, 15) is 4.79 Å². The lowest BCUT2D eigenvalue weighted by Gasteiger charge is -2.08. The average molecular weight is 279 g/mol. The van der Waals surface area contributed by atoms with Crippen molar-refractivity contribution in [2.75, 3.05) is 0 Å². The van der Waals surface area contributed by atoms with Gasteiger partial charge in [-0.1, -0.05) is 24.3 Å². The first-order valence-corrected chi connectivity index (χ1v) is 7.20. The second-order valence-electron chi connectivity index (χ2n) is 5.10. The molecule has 1 aliphatic carbocycles. The molecule has 1 N–H and O–H groups in total. The van der Waals surface area contributed by atoms with Crippen molar-refractivity contribution >= 4 is 11.6 Å². The maximum absolute atomic E-state index is 12.0. The highest BCUT2D eigenvalue weighted by atomic mass is 16.2. The van der Waals surface area contributed by atoms with Gasteiger partial charge >= 0.3 is 0 Å². The minimum atomic E-state index is -0.202. The minimum absolute atomic E-state index is 0.202. The predicted octanol–water partition coefficient (Wildman–Crippen LogP) is 2.94. The second-order valence-corrected chi connectivity index (χ2v) is 5.10. The number of hydrazone groups is 1. The molecule has 4 heteroatoms. The quantitative estimate of drug-likeness (QED) is 0.678. The van der Waals surface area contributed by atoms with Crippen molar-refractivity contribution in [2.45, 2.75) is 25.7 Å². The smallest absolute Gasteiger partial charge is 0.267 e. The lowest BCUT2D eigenvalue weighted by atomic mass is 10.0. The molecule has 1 aromatic carbocycles. The van der Waals surface area contributed by atoms with E-state index in [1.807, 2.05) is 6.07 Å². The second kappa shape index (κ2) is 6.31. The Morgan fingerprint density at radius 3 is 2.67 bits per heavy atom. The van der Waals surface area contributed by atoms with Gasteiger partial charge in [0, 0.05) is 23.5 Å². The molecule has 0 radical (unpaired) electrons. The Hall–Kier alpha value is -2.49. The number of amides is 1. The number of carbonyl (C=O) groups is 1.